The molecule has 0 saturated carbocycles. The summed E-state index contributed by atoms with van der Waals surface area (Å²) in [6, 6.07) is 5.64. The number of nitrogens with zero attached hydrogens (tertiary/aromatic N) is 2. The lowest BCUT2D eigenvalue weighted by atomic mass is 9.83. The summed E-state index contributed by atoms with van der Waals surface area (Å²) >= 11 is 0. The molecule has 0 bridgehead atoms. The van der Waals surface area contributed by atoms with Crippen molar-refractivity contribution in [2.75, 3.05) is 7.11 Å². The van der Waals surface area contributed by atoms with Crippen molar-refractivity contribution in [3.8, 4) is 17.0 Å². The Labute approximate surface area is 130 Å². The first-order valence-electron chi connectivity index (χ1n) is 7.12. The van der Waals surface area contributed by atoms with Gasteiger partial charge in [0.05, 0.1) is 12.8 Å². The summed E-state index contributed by atoms with van der Waals surface area (Å²) in [5, 5.41) is 13.1. The number of ether oxygens (including phenoxy) is 1. The molecule has 0 aliphatic carbocycles. The molecule has 2 rings (SSSR count). The van der Waals surface area contributed by atoms with Crippen LogP contribution in [0.4, 0.5) is 0 Å². The SMILES string of the molecule is COc1c(C)cc(-c2cc(C(=O)O)nn2C)cc1C(C)(C)C. The second-order valence-corrected chi connectivity index (χ2v) is 6.47. The van der Waals surface area contributed by atoms with E-state index in [1.165, 1.54) is 0 Å². The molecule has 0 atom stereocenters. The van der Waals surface area contributed by atoms with Crippen LogP contribution in [0.25, 0.3) is 11.3 Å². The Hall–Kier alpha value is -2.30. The zero-order valence-electron chi connectivity index (χ0n) is 13.9. The van der Waals surface area contributed by atoms with Crippen LogP contribution >= 0.6 is 0 Å². The Balaban J connectivity index is 2.67. The predicted molar refractivity (Wildman–Crippen MR) is 85.6 cm³/mol. The minimum Gasteiger partial charge on any atom is -0.496 e. The minimum absolute atomic E-state index is 0.0447. The van der Waals surface area contributed by atoms with Gasteiger partial charge >= 0.3 is 5.97 Å². The molecule has 0 radical (unpaired) electrons. The topological polar surface area (TPSA) is 64.3 Å². The molecule has 1 aromatic carbocycles. The molecule has 0 spiro atoms. The number of benzene rings is 1. The molecule has 0 amide bonds. The highest BCUT2D eigenvalue weighted by molar-refractivity contribution is 5.87. The molecular weight excluding hydrogens is 280 g/mol. The highest BCUT2D eigenvalue weighted by atomic mass is 16.5. The van der Waals surface area contributed by atoms with Gasteiger partial charge in [-0.25, -0.2) is 4.79 Å². The smallest absolute Gasteiger partial charge is 0.356 e. The van der Waals surface area contributed by atoms with Crippen LogP contribution in [0.5, 0.6) is 5.75 Å². The van der Waals surface area contributed by atoms with Gasteiger partial charge in [0.25, 0.3) is 0 Å². The summed E-state index contributed by atoms with van der Waals surface area (Å²) in [7, 11) is 3.42. The van der Waals surface area contributed by atoms with Crippen LogP contribution in [0.15, 0.2) is 18.2 Å². The molecule has 2 aromatic rings. The van der Waals surface area contributed by atoms with Gasteiger partial charge in [0, 0.05) is 18.2 Å². The Kier molecular flexibility index (Phi) is 4.00. The van der Waals surface area contributed by atoms with E-state index >= 15 is 0 Å². The van der Waals surface area contributed by atoms with E-state index in [1.54, 1.807) is 24.9 Å². The molecule has 0 aliphatic rings. The van der Waals surface area contributed by atoms with Gasteiger partial charge in [-0.05, 0) is 36.1 Å². The van der Waals surface area contributed by atoms with Crippen LogP contribution < -0.4 is 4.74 Å². The molecule has 0 aliphatic heterocycles. The second kappa shape index (κ2) is 5.48. The van der Waals surface area contributed by atoms with E-state index in [4.69, 9.17) is 9.84 Å². The standard InChI is InChI=1S/C17H22N2O3/c1-10-7-11(8-12(15(10)22-6)17(2,3)4)14-9-13(16(20)21)18-19(14)5/h7-9H,1-6H3,(H,20,21). The van der Waals surface area contributed by atoms with Crippen LogP contribution in [-0.4, -0.2) is 28.0 Å². The van der Waals surface area contributed by atoms with Gasteiger partial charge in [-0.3, -0.25) is 4.68 Å². The summed E-state index contributed by atoms with van der Waals surface area (Å²) in [5.41, 5.74) is 3.77. The van der Waals surface area contributed by atoms with Crippen molar-refractivity contribution in [1.82, 2.24) is 9.78 Å². The maximum atomic E-state index is 11.1. The fourth-order valence-corrected chi connectivity index (χ4v) is 2.59. The lowest BCUT2D eigenvalue weighted by molar-refractivity contribution is 0.0689. The Morgan fingerprint density at radius 1 is 1.27 bits per heavy atom. The van der Waals surface area contributed by atoms with E-state index in [2.05, 4.69) is 31.9 Å². The third-order valence-electron chi connectivity index (χ3n) is 3.68. The van der Waals surface area contributed by atoms with Gasteiger partial charge in [-0.2, -0.15) is 5.10 Å². The summed E-state index contributed by atoms with van der Waals surface area (Å²) in [5.74, 6) is -0.153. The molecule has 1 heterocycles. The second-order valence-electron chi connectivity index (χ2n) is 6.47. The predicted octanol–water partition coefficient (Wildman–Crippen LogP) is 3.40. The number of methoxy groups -OCH3 is 1. The average molecular weight is 302 g/mol. The van der Waals surface area contributed by atoms with Crippen molar-refractivity contribution in [3.63, 3.8) is 0 Å². The zero-order chi connectivity index (χ0) is 16.7. The van der Waals surface area contributed by atoms with E-state index in [0.717, 1.165) is 28.1 Å². The molecule has 0 saturated heterocycles. The summed E-state index contributed by atoms with van der Waals surface area (Å²) in [6.07, 6.45) is 0. The highest BCUT2D eigenvalue weighted by Crippen LogP contribution is 2.37. The summed E-state index contributed by atoms with van der Waals surface area (Å²) in [4.78, 5) is 11.1. The number of carboxylic acids is 1. The molecule has 5 heteroatoms. The first-order valence-corrected chi connectivity index (χ1v) is 7.12. The van der Waals surface area contributed by atoms with Crippen molar-refractivity contribution in [3.05, 3.63) is 35.0 Å². The van der Waals surface area contributed by atoms with Gasteiger partial charge in [-0.15, -0.1) is 0 Å². The van der Waals surface area contributed by atoms with Crippen molar-refractivity contribution >= 4 is 5.97 Å². The highest BCUT2D eigenvalue weighted by Gasteiger charge is 2.22. The summed E-state index contributed by atoms with van der Waals surface area (Å²) in [6.45, 7) is 8.37. The summed E-state index contributed by atoms with van der Waals surface area (Å²) < 4.78 is 7.15. The lowest BCUT2D eigenvalue weighted by Crippen LogP contribution is -2.14. The number of aryl methyl sites for hydroxylation is 2. The third-order valence-corrected chi connectivity index (χ3v) is 3.68. The molecule has 1 aromatic heterocycles. The molecule has 0 fully saturated rings. The quantitative estimate of drug-likeness (QED) is 0.943. The average Bonchev–Trinajstić information content (AvgIpc) is 2.79. The van der Waals surface area contributed by atoms with Gasteiger partial charge in [0.1, 0.15) is 5.75 Å². The van der Waals surface area contributed by atoms with Gasteiger partial charge in [0.2, 0.25) is 0 Å². The van der Waals surface area contributed by atoms with Crippen molar-refractivity contribution in [2.45, 2.75) is 33.1 Å². The van der Waals surface area contributed by atoms with E-state index in [9.17, 15) is 4.79 Å². The van der Waals surface area contributed by atoms with Gasteiger partial charge in [0.15, 0.2) is 5.69 Å². The monoisotopic (exact) mass is 302 g/mol. The maximum absolute atomic E-state index is 11.1. The number of aromatic carboxylic acids is 1. The fourth-order valence-electron chi connectivity index (χ4n) is 2.59. The van der Waals surface area contributed by atoms with Crippen LogP contribution in [0.3, 0.4) is 0 Å². The molecule has 22 heavy (non-hydrogen) atoms. The van der Waals surface area contributed by atoms with Crippen molar-refractivity contribution in [2.24, 2.45) is 7.05 Å². The third kappa shape index (κ3) is 2.84. The maximum Gasteiger partial charge on any atom is 0.356 e. The largest absolute Gasteiger partial charge is 0.496 e. The molecular formula is C17H22N2O3. The lowest BCUT2D eigenvalue weighted by Gasteiger charge is -2.24. The molecule has 118 valence electrons. The molecule has 0 unspecified atom stereocenters. The number of carbonyl (C=O) groups is 1. The Bertz CT molecular complexity index is 724. The first-order chi connectivity index (χ1) is 10.1. The van der Waals surface area contributed by atoms with E-state index < -0.39 is 5.97 Å². The Morgan fingerprint density at radius 3 is 2.36 bits per heavy atom. The number of hydrogen-bond acceptors (Lipinski definition) is 3. The normalized spacial score (nSPS) is 11.5. The van der Waals surface area contributed by atoms with E-state index in [0.29, 0.717) is 0 Å². The van der Waals surface area contributed by atoms with Crippen molar-refractivity contribution < 1.29 is 14.6 Å². The van der Waals surface area contributed by atoms with E-state index in [1.807, 2.05) is 13.0 Å². The first kappa shape index (κ1) is 16.1. The fraction of sp³-hybridized carbons (Fsp3) is 0.412. The van der Waals surface area contributed by atoms with Crippen LogP contribution in [0.1, 0.15) is 42.4 Å². The zero-order valence-corrected chi connectivity index (χ0v) is 13.9. The van der Waals surface area contributed by atoms with Gasteiger partial charge < -0.3 is 9.84 Å². The van der Waals surface area contributed by atoms with Crippen molar-refractivity contribution in [1.29, 1.82) is 0 Å². The Morgan fingerprint density at radius 2 is 1.91 bits per heavy atom. The van der Waals surface area contributed by atoms with Crippen LogP contribution in [0.2, 0.25) is 0 Å². The minimum atomic E-state index is -1.02. The number of carboxylic acid groups (broad SMARTS) is 1. The molecule has 5 nitrogen and oxygen atoms in total. The number of rotatable bonds is 3. The number of aromatic nitrogens is 2. The molecule has 1 N–H and O–H groups in total. The van der Waals surface area contributed by atoms with Gasteiger partial charge in [-0.1, -0.05) is 20.8 Å². The van der Waals surface area contributed by atoms with E-state index in [-0.39, 0.29) is 11.1 Å². The van der Waals surface area contributed by atoms with Crippen LogP contribution in [-0.2, 0) is 12.5 Å². The van der Waals surface area contributed by atoms with Crippen LogP contribution in [0, 0.1) is 6.92 Å². The number of hydrogen-bond donors (Lipinski definition) is 1.